The number of aromatic nitrogens is 1. The molecule has 6 nitrogen and oxygen atoms in total. The van der Waals surface area contributed by atoms with Crippen molar-refractivity contribution >= 4 is 22.7 Å². The van der Waals surface area contributed by atoms with Crippen LogP contribution in [-0.2, 0) is 0 Å². The van der Waals surface area contributed by atoms with Crippen molar-refractivity contribution in [1.82, 2.24) is 4.98 Å². The van der Waals surface area contributed by atoms with Crippen LogP contribution in [-0.4, -0.2) is 24.3 Å². The van der Waals surface area contributed by atoms with Crippen molar-refractivity contribution in [3.63, 3.8) is 0 Å². The highest BCUT2D eigenvalue weighted by Gasteiger charge is 2.12. The molecule has 0 radical (unpaired) electrons. The minimum Gasteiger partial charge on any atom is -0.504 e. The lowest BCUT2D eigenvalue weighted by atomic mass is 10.1. The number of aromatic hydroxyl groups is 1. The van der Waals surface area contributed by atoms with Crippen molar-refractivity contribution in [2.24, 2.45) is 0 Å². The number of hydrogen-bond acceptors (Lipinski definition) is 7. The molecule has 0 unspecified atom stereocenters. The first-order chi connectivity index (χ1) is 11.5. The van der Waals surface area contributed by atoms with Crippen LogP contribution in [0.15, 0.2) is 35.7 Å². The topological polar surface area (TPSA) is 104 Å². The zero-order chi connectivity index (χ0) is 17.3. The highest BCUT2D eigenvalue weighted by molar-refractivity contribution is 7.13. The summed E-state index contributed by atoms with van der Waals surface area (Å²) in [7, 11) is 3.19. The van der Waals surface area contributed by atoms with Crippen molar-refractivity contribution in [2.75, 3.05) is 25.7 Å². The summed E-state index contributed by atoms with van der Waals surface area (Å²) < 4.78 is 10.6. The zero-order valence-electron chi connectivity index (χ0n) is 13.2. The molecule has 0 spiro atoms. The normalized spacial score (nSPS) is 10.6. The minimum atomic E-state index is -0.103. The number of nitrogen functional groups attached to an aromatic ring is 2. The number of benzene rings is 2. The largest absolute Gasteiger partial charge is 0.504 e. The molecule has 0 aliphatic carbocycles. The molecule has 3 rings (SSSR count). The Hall–Kier alpha value is -2.93. The minimum absolute atomic E-state index is 0.103. The number of nitrogens with zero attached hydrogens (tertiary/aromatic N) is 1. The summed E-state index contributed by atoms with van der Waals surface area (Å²) in [5.74, 6) is 1.20. The molecule has 0 aliphatic heterocycles. The lowest BCUT2D eigenvalue weighted by Gasteiger charge is -2.08. The number of hydrogen-bond donors (Lipinski definition) is 3. The van der Waals surface area contributed by atoms with Gasteiger partial charge in [0.15, 0.2) is 17.2 Å². The standard InChI is InChI=1S/C17H17N3O3S/c1-22-14-4-3-9(7-15(14)23-2)17-20-13(8-24-17)10-5-11(18)16(21)12(19)6-10/h3-8,21H,18-19H2,1-2H3. The molecule has 0 saturated heterocycles. The van der Waals surface area contributed by atoms with Crippen LogP contribution >= 0.6 is 11.3 Å². The van der Waals surface area contributed by atoms with Gasteiger partial charge in [0.25, 0.3) is 0 Å². The molecule has 24 heavy (non-hydrogen) atoms. The van der Waals surface area contributed by atoms with E-state index in [9.17, 15) is 5.11 Å². The van der Waals surface area contributed by atoms with Gasteiger partial charge in [0.05, 0.1) is 31.3 Å². The van der Waals surface area contributed by atoms with Crippen LogP contribution in [0.2, 0.25) is 0 Å². The van der Waals surface area contributed by atoms with Crippen molar-refractivity contribution in [3.8, 4) is 39.1 Å². The second kappa shape index (κ2) is 6.29. The summed E-state index contributed by atoms with van der Waals surface area (Å²) in [6.07, 6.45) is 0. The molecule has 3 aromatic rings. The lowest BCUT2D eigenvalue weighted by molar-refractivity contribution is 0.355. The fourth-order valence-electron chi connectivity index (χ4n) is 2.34. The number of ether oxygens (including phenoxy) is 2. The van der Waals surface area contributed by atoms with Crippen LogP contribution in [0.1, 0.15) is 0 Å². The second-order valence-corrected chi connectivity index (χ2v) is 5.97. The van der Waals surface area contributed by atoms with E-state index in [4.69, 9.17) is 20.9 Å². The lowest BCUT2D eigenvalue weighted by Crippen LogP contribution is -1.93. The highest BCUT2D eigenvalue weighted by Crippen LogP contribution is 2.37. The van der Waals surface area contributed by atoms with Crippen LogP contribution in [0.25, 0.3) is 21.8 Å². The molecule has 0 amide bonds. The van der Waals surface area contributed by atoms with Gasteiger partial charge in [-0.3, -0.25) is 0 Å². The molecule has 5 N–H and O–H groups in total. The molecule has 1 aromatic heterocycles. The van der Waals surface area contributed by atoms with Crippen LogP contribution in [0.5, 0.6) is 17.2 Å². The number of phenols is 1. The molecular formula is C17H17N3O3S. The van der Waals surface area contributed by atoms with Gasteiger partial charge in [-0.25, -0.2) is 4.98 Å². The number of nitrogens with two attached hydrogens (primary N) is 2. The van der Waals surface area contributed by atoms with Gasteiger partial charge in [0, 0.05) is 16.5 Å². The Morgan fingerprint density at radius 1 is 0.958 bits per heavy atom. The van der Waals surface area contributed by atoms with E-state index in [0.717, 1.165) is 21.8 Å². The molecule has 2 aromatic carbocycles. The Morgan fingerprint density at radius 2 is 1.62 bits per heavy atom. The average molecular weight is 343 g/mol. The zero-order valence-corrected chi connectivity index (χ0v) is 14.1. The first kappa shape index (κ1) is 15.9. The molecule has 0 saturated carbocycles. The highest BCUT2D eigenvalue weighted by atomic mass is 32.1. The van der Waals surface area contributed by atoms with Gasteiger partial charge in [-0.05, 0) is 30.3 Å². The Balaban J connectivity index is 1.99. The third-order valence-electron chi connectivity index (χ3n) is 3.60. The third kappa shape index (κ3) is 2.81. The number of thiazole rings is 1. The smallest absolute Gasteiger partial charge is 0.161 e. The van der Waals surface area contributed by atoms with Gasteiger partial charge in [-0.2, -0.15) is 0 Å². The SMILES string of the molecule is COc1ccc(-c2nc(-c3cc(N)c(O)c(N)c3)cs2)cc1OC. The Bertz CT molecular complexity index is 870. The van der Waals surface area contributed by atoms with Gasteiger partial charge in [0.1, 0.15) is 5.01 Å². The van der Waals surface area contributed by atoms with Crippen LogP contribution in [0.4, 0.5) is 11.4 Å². The second-order valence-electron chi connectivity index (χ2n) is 5.11. The summed E-state index contributed by atoms with van der Waals surface area (Å²) >= 11 is 1.49. The van der Waals surface area contributed by atoms with E-state index in [0.29, 0.717) is 11.5 Å². The van der Waals surface area contributed by atoms with E-state index in [-0.39, 0.29) is 17.1 Å². The van der Waals surface area contributed by atoms with E-state index in [2.05, 4.69) is 4.98 Å². The summed E-state index contributed by atoms with van der Waals surface area (Å²) in [6, 6.07) is 8.94. The van der Waals surface area contributed by atoms with Gasteiger partial charge in [-0.15, -0.1) is 11.3 Å². The molecule has 7 heteroatoms. The average Bonchev–Trinajstić information content (AvgIpc) is 3.08. The van der Waals surface area contributed by atoms with Crippen molar-refractivity contribution in [2.45, 2.75) is 0 Å². The van der Waals surface area contributed by atoms with Crippen LogP contribution in [0, 0.1) is 0 Å². The number of rotatable bonds is 4. The van der Waals surface area contributed by atoms with Crippen LogP contribution < -0.4 is 20.9 Å². The fraction of sp³-hybridized carbons (Fsp3) is 0.118. The Kier molecular flexibility index (Phi) is 4.18. The van der Waals surface area contributed by atoms with Gasteiger partial charge >= 0.3 is 0 Å². The van der Waals surface area contributed by atoms with Gasteiger partial charge < -0.3 is 26.0 Å². The van der Waals surface area contributed by atoms with Gasteiger partial charge in [0.2, 0.25) is 0 Å². The fourth-order valence-corrected chi connectivity index (χ4v) is 3.16. The van der Waals surface area contributed by atoms with Crippen molar-refractivity contribution in [3.05, 3.63) is 35.7 Å². The third-order valence-corrected chi connectivity index (χ3v) is 4.49. The predicted octanol–water partition coefficient (Wildman–Crippen LogP) is 3.36. The maximum atomic E-state index is 9.67. The summed E-state index contributed by atoms with van der Waals surface area (Å²) in [4.78, 5) is 4.62. The number of phenolic OH excluding ortho intramolecular Hbond substituents is 1. The summed E-state index contributed by atoms with van der Waals surface area (Å²) in [6.45, 7) is 0. The summed E-state index contributed by atoms with van der Waals surface area (Å²) in [5, 5.41) is 12.4. The molecule has 0 bridgehead atoms. The van der Waals surface area contributed by atoms with Crippen molar-refractivity contribution in [1.29, 1.82) is 0 Å². The van der Waals surface area contributed by atoms with E-state index < -0.39 is 0 Å². The Morgan fingerprint density at radius 3 is 2.25 bits per heavy atom. The maximum absolute atomic E-state index is 9.67. The summed E-state index contributed by atoms with van der Waals surface area (Å²) in [5.41, 5.74) is 14.4. The maximum Gasteiger partial charge on any atom is 0.161 e. The molecule has 1 heterocycles. The van der Waals surface area contributed by atoms with E-state index in [1.165, 1.54) is 11.3 Å². The molecule has 124 valence electrons. The predicted molar refractivity (Wildman–Crippen MR) is 96.6 cm³/mol. The number of methoxy groups -OCH3 is 2. The van der Waals surface area contributed by atoms with E-state index >= 15 is 0 Å². The monoisotopic (exact) mass is 343 g/mol. The first-order valence-electron chi connectivity index (χ1n) is 7.09. The molecule has 0 atom stereocenters. The van der Waals surface area contributed by atoms with E-state index in [1.54, 1.807) is 26.4 Å². The quantitative estimate of drug-likeness (QED) is 0.496. The van der Waals surface area contributed by atoms with E-state index in [1.807, 2.05) is 23.6 Å². The Labute approximate surface area is 143 Å². The van der Waals surface area contributed by atoms with Crippen molar-refractivity contribution < 1.29 is 14.6 Å². The van der Waals surface area contributed by atoms with Gasteiger partial charge in [-0.1, -0.05) is 0 Å². The number of anilines is 2. The molecular weight excluding hydrogens is 326 g/mol. The first-order valence-corrected chi connectivity index (χ1v) is 7.97. The molecule has 0 fully saturated rings. The molecule has 0 aliphatic rings. The van der Waals surface area contributed by atoms with Crippen LogP contribution in [0.3, 0.4) is 0 Å².